The van der Waals surface area contributed by atoms with E-state index < -0.39 is 9.84 Å². The molecule has 0 saturated carbocycles. The molecule has 1 heterocycles. The Morgan fingerprint density at radius 2 is 2.19 bits per heavy atom. The van der Waals surface area contributed by atoms with Crippen LogP contribution in [0.2, 0.25) is 0 Å². The highest BCUT2D eigenvalue weighted by Gasteiger charge is 2.29. The predicted octanol–water partition coefficient (Wildman–Crippen LogP) is 0.642. The van der Waals surface area contributed by atoms with Crippen molar-refractivity contribution < 1.29 is 13.2 Å². The van der Waals surface area contributed by atoms with Gasteiger partial charge < -0.3 is 16.0 Å². The predicted molar refractivity (Wildman–Crippen MR) is 84.3 cm³/mol. The Morgan fingerprint density at radius 3 is 2.76 bits per heavy atom. The SMILES string of the molecule is CCNC(=O)c1ccc(N2CCS(=O)(=O)CC2C)c(N)c1. The van der Waals surface area contributed by atoms with Gasteiger partial charge in [-0.2, -0.15) is 0 Å². The molecular formula is C14H21N3O3S. The number of hydrogen-bond donors (Lipinski definition) is 2. The molecule has 6 nitrogen and oxygen atoms in total. The Kier molecular flexibility index (Phi) is 4.41. The summed E-state index contributed by atoms with van der Waals surface area (Å²) in [5.74, 6) is 0.101. The summed E-state index contributed by atoms with van der Waals surface area (Å²) in [5.41, 5.74) is 7.83. The van der Waals surface area contributed by atoms with Crippen LogP contribution < -0.4 is 16.0 Å². The lowest BCUT2D eigenvalue weighted by atomic mass is 10.1. The molecule has 0 spiro atoms. The van der Waals surface area contributed by atoms with Crippen LogP contribution in [0.5, 0.6) is 0 Å². The summed E-state index contributed by atoms with van der Waals surface area (Å²) in [4.78, 5) is 13.8. The molecule has 116 valence electrons. The largest absolute Gasteiger partial charge is 0.397 e. The first-order valence-electron chi connectivity index (χ1n) is 6.99. The van der Waals surface area contributed by atoms with E-state index in [2.05, 4.69) is 5.32 Å². The maximum Gasteiger partial charge on any atom is 0.251 e. The zero-order chi connectivity index (χ0) is 15.6. The number of amides is 1. The smallest absolute Gasteiger partial charge is 0.251 e. The summed E-state index contributed by atoms with van der Waals surface area (Å²) in [5, 5.41) is 2.72. The van der Waals surface area contributed by atoms with Crippen molar-refractivity contribution >= 4 is 27.1 Å². The van der Waals surface area contributed by atoms with Gasteiger partial charge in [0.05, 0.1) is 22.9 Å². The minimum absolute atomic E-state index is 0.124. The van der Waals surface area contributed by atoms with Crippen molar-refractivity contribution in [1.82, 2.24) is 5.32 Å². The Bertz CT molecular complexity index is 643. The lowest BCUT2D eigenvalue weighted by Crippen LogP contribution is -2.47. The first kappa shape index (κ1) is 15.6. The van der Waals surface area contributed by atoms with Gasteiger partial charge in [-0.3, -0.25) is 4.79 Å². The van der Waals surface area contributed by atoms with Crippen molar-refractivity contribution in [1.29, 1.82) is 0 Å². The summed E-state index contributed by atoms with van der Waals surface area (Å²) >= 11 is 0. The quantitative estimate of drug-likeness (QED) is 0.799. The van der Waals surface area contributed by atoms with Crippen LogP contribution in [0, 0.1) is 0 Å². The van der Waals surface area contributed by atoms with E-state index in [1.807, 2.05) is 18.7 Å². The van der Waals surface area contributed by atoms with Crippen LogP contribution in [0.25, 0.3) is 0 Å². The van der Waals surface area contributed by atoms with Crippen molar-refractivity contribution in [2.45, 2.75) is 19.9 Å². The lowest BCUT2D eigenvalue weighted by molar-refractivity contribution is 0.0956. The molecule has 3 N–H and O–H groups in total. The van der Waals surface area contributed by atoms with Gasteiger partial charge in [-0.25, -0.2) is 8.42 Å². The summed E-state index contributed by atoms with van der Waals surface area (Å²) in [6.07, 6.45) is 0. The second-order valence-corrected chi connectivity index (χ2v) is 7.52. The molecule has 1 aromatic carbocycles. The molecule has 1 atom stereocenters. The first-order valence-corrected chi connectivity index (χ1v) is 8.81. The van der Waals surface area contributed by atoms with Crippen LogP contribution in [0.1, 0.15) is 24.2 Å². The van der Waals surface area contributed by atoms with Crippen LogP contribution in [0.4, 0.5) is 11.4 Å². The molecule has 0 aromatic heterocycles. The average molecular weight is 311 g/mol. The second kappa shape index (κ2) is 5.93. The lowest BCUT2D eigenvalue weighted by Gasteiger charge is -2.35. The van der Waals surface area contributed by atoms with Gasteiger partial charge in [0.2, 0.25) is 0 Å². The van der Waals surface area contributed by atoms with Gasteiger partial charge in [0.15, 0.2) is 9.84 Å². The molecule has 2 rings (SSSR count). The minimum atomic E-state index is -2.96. The Morgan fingerprint density at radius 1 is 1.48 bits per heavy atom. The highest BCUT2D eigenvalue weighted by atomic mass is 32.2. The fourth-order valence-corrected chi connectivity index (χ4v) is 4.13. The molecule has 0 bridgehead atoms. The molecule has 21 heavy (non-hydrogen) atoms. The molecule has 0 aliphatic carbocycles. The Labute approximate surface area is 125 Å². The fraction of sp³-hybridized carbons (Fsp3) is 0.500. The number of anilines is 2. The highest BCUT2D eigenvalue weighted by Crippen LogP contribution is 2.28. The number of rotatable bonds is 3. The average Bonchev–Trinajstić information content (AvgIpc) is 2.39. The number of nitrogen functional groups attached to an aromatic ring is 1. The standard InChI is InChI=1S/C14H21N3O3S/c1-3-16-14(18)11-4-5-13(12(15)8-11)17-6-7-21(19,20)9-10(17)2/h4-5,8,10H,3,6-7,9,15H2,1-2H3,(H,16,18). The van der Waals surface area contributed by atoms with Crippen molar-refractivity contribution in [2.75, 3.05) is 35.2 Å². The number of hydrogen-bond acceptors (Lipinski definition) is 5. The van der Waals surface area contributed by atoms with Crippen LogP contribution in [0.3, 0.4) is 0 Å². The van der Waals surface area contributed by atoms with Gasteiger partial charge in [0.25, 0.3) is 5.91 Å². The van der Waals surface area contributed by atoms with Crippen LogP contribution in [-0.4, -0.2) is 45.0 Å². The first-order chi connectivity index (χ1) is 9.84. The van der Waals surface area contributed by atoms with Gasteiger partial charge in [0, 0.05) is 24.7 Å². The monoisotopic (exact) mass is 311 g/mol. The number of nitrogens with zero attached hydrogens (tertiary/aromatic N) is 1. The summed E-state index contributed by atoms with van der Waals surface area (Å²) in [6, 6.07) is 5.01. The Balaban J connectivity index is 2.23. The van der Waals surface area contributed by atoms with E-state index >= 15 is 0 Å². The summed E-state index contributed by atoms with van der Waals surface area (Å²) < 4.78 is 23.3. The van der Waals surface area contributed by atoms with E-state index in [1.165, 1.54) is 0 Å². The molecular weight excluding hydrogens is 290 g/mol. The molecule has 0 radical (unpaired) electrons. The zero-order valence-corrected chi connectivity index (χ0v) is 13.1. The third-order valence-electron chi connectivity index (χ3n) is 3.61. The molecule has 1 aromatic rings. The van der Waals surface area contributed by atoms with Gasteiger partial charge in [-0.05, 0) is 32.0 Å². The van der Waals surface area contributed by atoms with Gasteiger partial charge >= 0.3 is 0 Å². The third-order valence-corrected chi connectivity index (χ3v) is 5.40. The second-order valence-electron chi connectivity index (χ2n) is 5.29. The van der Waals surface area contributed by atoms with Crippen molar-refractivity contribution in [3.05, 3.63) is 23.8 Å². The number of carbonyl (C=O) groups is 1. The molecule has 1 aliphatic rings. The van der Waals surface area contributed by atoms with E-state index in [1.54, 1.807) is 18.2 Å². The molecule has 1 saturated heterocycles. The van der Waals surface area contributed by atoms with Crippen LogP contribution in [-0.2, 0) is 9.84 Å². The maximum absolute atomic E-state index is 11.8. The van der Waals surface area contributed by atoms with Crippen LogP contribution >= 0.6 is 0 Å². The van der Waals surface area contributed by atoms with E-state index in [0.29, 0.717) is 24.3 Å². The van der Waals surface area contributed by atoms with Crippen molar-refractivity contribution in [3.63, 3.8) is 0 Å². The molecule has 1 unspecified atom stereocenters. The summed E-state index contributed by atoms with van der Waals surface area (Å²) in [7, 11) is -2.96. The molecule has 7 heteroatoms. The number of benzene rings is 1. The topological polar surface area (TPSA) is 92.5 Å². The number of carbonyl (C=O) groups excluding carboxylic acids is 1. The van der Waals surface area contributed by atoms with E-state index in [9.17, 15) is 13.2 Å². The summed E-state index contributed by atoms with van der Waals surface area (Å²) in [6.45, 7) is 4.70. The van der Waals surface area contributed by atoms with Gasteiger partial charge in [-0.1, -0.05) is 0 Å². The molecule has 1 amide bonds. The molecule has 1 fully saturated rings. The minimum Gasteiger partial charge on any atom is -0.397 e. The van der Waals surface area contributed by atoms with Crippen LogP contribution in [0.15, 0.2) is 18.2 Å². The zero-order valence-electron chi connectivity index (χ0n) is 12.3. The fourth-order valence-electron chi connectivity index (χ4n) is 2.58. The number of nitrogens with two attached hydrogens (primary N) is 1. The van der Waals surface area contributed by atoms with E-state index in [4.69, 9.17) is 5.73 Å². The van der Waals surface area contributed by atoms with Crippen molar-refractivity contribution in [3.8, 4) is 0 Å². The van der Waals surface area contributed by atoms with Gasteiger partial charge in [0.1, 0.15) is 0 Å². The maximum atomic E-state index is 11.8. The number of nitrogens with one attached hydrogen (secondary N) is 1. The van der Waals surface area contributed by atoms with E-state index in [-0.39, 0.29) is 23.5 Å². The van der Waals surface area contributed by atoms with Crippen molar-refractivity contribution in [2.24, 2.45) is 0 Å². The third kappa shape index (κ3) is 3.47. The number of sulfone groups is 1. The molecule has 1 aliphatic heterocycles. The normalized spacial score (nSPS) is 21.0. The highest BCUT2D eigenvalue weighted by molar-refractivity contribution is 7.91. The van der Waals surface area contributed by atoms with E-state index in [0.717, 1.165) is 5.69 Å². The van der Waals surface area contributed by atoms with Gasteiger partial charge in [-0.15, -0.1) is 0 Å². The Hall–Kier alpha value is -1.76.